The molecular weight excluding hydrogens is 255 g/mol. The lowest BCUT2D eigenvalue weighted by Gasteiger charge is -2.41. The maximum absolute atomic E-state index is 13.8. The third-order valence-corrected chi connectivity index (χ3v) is 4.20. The highest BCUT2D eigenvalue weighted by Crippen LogP contribution is 2.31. The third kappa shape index (κ3) is 2.06. The Hall–Kier alpha value is -1.94. The first kappa shape index (κ1) is 13.1. The van der Waals surface area contributed by atoms with Crippen molar-refractivity contribution in [3.63, 3.8) is 0 Å². The van der Waals surface area contributed by atoms with E-state index in [9.17, 15) is 9.18 Å². The van der Waals surface area contributed by atoms with Crippen LogP contribution in [0.5, 0.6) is 0 Å². The third-order valence-electron chi connectivity index (χ3n) is 4.20. The van der Waals surface area contributed by atoms with Crippen molar-refractivity contribution in [1.29, 1.82) is 0 Å². The fraction of sp³-hybridized carbons (Fsp3) is 0.312. The lowest BCUT2D eigenvalue weighted by Crippen LogP contribution is -2.58. The van der Waals surface area contributed by atoms with Gasteiger partial charge in [0.2, 0.25) is 0 Å². The molecule has 0 aromatic heterocycles. The molecule has 3 rings (SSSR count). The van der Waals surface area contributed by atoms with Crippen molar-refractivity contribution in [2.45, 2.75) is 24.8 Å². The van der Waals surface area contributed by atoms with E-state index in [0.717, 1.165) is 19.3 Å². The Morgan fingerprint density at radius 1 is 1.20 bits per heavy atom. The van der Waals surface area contributed by atoms with E-state index >= 15 is 0 Å². The molecule has 0 atom stereocenters. The summed E-state index contributed by atoms with van der Waals surface area (Å²) in [7, 11) is 0. The van der Waals surface area contributed by atoms with Crippen LogP contribution in [0.1, 0.15) is 29.6 Å². The van der Waals surface area contributed by atoms with Gasteiger partial charge in [-0.3, -0.25) is 4.79 Å². The number of amides is 1. The minimum absolute atomic E-state index is 0.175. The van der Waals surface area contributed by atoms with E-state index in [2.05, 4.69) is 5.32 Å². The van der Waals surface area contributed by atoms with Crippen LogP contribution < -0.4 is 11.1 Å². The molecule has 3 nitrogen and oxygen atoms in total. The number of nitrogens with one attached hydrogen (secondary N) is 1. The predicted molar refractivity (Wildman–Crippen MR) is 77.0 cm³/mol. The summed E-state index contributed by atoms with van der Waals surface area (Å²) in [6.07, 6.45) is 2.91. The largest absolute Gasteiger partial charge is 0.345 e. The molecule has 104 valence electrons. The van der Waals surface area contributed by atoms with Crippen LogP contribution in [0.3, 0.4) is 0 Å². The van der Waals surface area contributed by atoms with Crippen molar-refractivity contribution < 1.29 is 9.18 Å². The smallest absolute Gasteiger partial charge is 0.252 e. The van der Waals surface area contributed by atoms with Crippen LogP contribution in [-0.2, 0) is 0 Å². The molecule has 20 heavy (non-hydrogen) atoms. The summed E-state index contributed by atoms with van der Waals surface area (Å²) in [5, 5.41) is 4.12. The number of hydrogen-bond donors (Lipinski definition) is 2. The average molecular weight is 272 g/mol. The van der Waals surface area contributed by atoms with Gasteiger partial charge in [0.25, 0.3) is 5.91 Å². The number of fused-ring (bicyclic) bond motifs is 1. The zero-order valence-electron chi connectivity index (χ0n) is 11.2. The number of benzene rings is 2. The number of nitrogens with two attached hydrogens (primary N) is 1. The van der Waals surface area contributed by atoms with Crippen LogP contribution in [0.2, 0.25) is 0 Å². The summed E-state index contributed by atoms with van der Waals surface area (Å²) < 4.78 is 13.8. The summed E-state index contributed by atoms with van der Waals surface area (Å²) >= 11 is 0. The molecule has 2 aromatic rings. The quantitative estimate of drug-likeness (QED) is 0.902. The SMILES string of the molecule is NCC1(NC(=O)c2ccc(F)c3ccccc23)CCC1. The summed E-state index contributed by atoms with van der Waals surface area (Å²) in [6, 6.07) is 9.90. The summed E-state index contributed by atoms with van der Waals surface area (Å²) in [6.45, 7) is 0.442. The molecule has 0 bridgehead atoms. The van der Waals surface area contributed by atoms with E-state index in [0.29, 0.717) is 22.9 Å². The molecule has 1 fully saturated rings. The Bertz CT molecular complexity index is 659. The highest BCUT2D eigenvalue weighted by atomic mass is 19.1. The number of carbonyl (C=O) groups is 1. The average Bonchev–Trinajstić information content (AvgIpc) is 2.43. The van der Waals surface area contributed by atoms with Gasteiger partial charge >= 0.3 is 0 Å². The van der Waals surface area contributed by atoms with Crippen LogP contribution >= 0.6 is 0 Å². The van der Waals surface area contributed by atoms with E-state index in [1.165, 1.54) is 12.1 Å². The molecule has 0 aliphatic heterocycles. The maximum Gasteiger partial charge on any atom is 0.252 e. The van der Waals surface area contributed by atoms with Gasteiger partial charge in [-0.25, -0.2) is 4.39 Å². The number of carbonyl (C=O) groups excluding carboxylic acids is 1. The first-order chi connectivity index (χ1) is 9.65. The maximum atomic E-state index is 13.8. The van der Waals surface area contributed by atoms with Crippen molar-refractivity contribution in [2.75, 3.05) is 6.54 Å². The molecule has 1 amide bonds. The topological polar surface area (TPSA) is 55.1 Å². The molecule has 0 spiro atoms. The van der Waals surface area contributed by atoms with Crippen LogP contribution in [-0.4, -0.2) is 18.0 Å². The molecule has 0 saturated heterocycles. The number of halogens is 1. The molecule has 2 aromatic carbocycles. The normalized spacial score (nSPS) is 16.7. The zero-order chi connectivity index (χ0) is 14.2. The standard InChI is InChI=1S/C16H17FN2O/c17-14-7-6-13(11-4-1-2-5-12(11)14)15(20)19-16(10-18)8-3-9-16/h1-2,4-7H,3,8-10,18H2,(H,19,20). The first-order valence-electron chi connectivity index (χ1n) is 6.85. The van der Waals surface area contributed by atoms with E-state index in [1.807, 2.05) is 0 Å². The van der Waals surface area contributed by atoms with Crippen LogP contribution in [0.25, 0.3) is 10.8 Å². The van der Waals surface area contributed by atoms with E-state index in [-0.39, 0.29) is 17.3 Å². The van der Waals surface area contributed by atoms with Gasteiger partial charge in [0, 0.05) is 17.5 Å². The van der Waals surface area contributed by atoms with Crippen LogP contribution in [0.4, 0.5) is 4.39 Å². The fourth-order valence-corrected chi connectivity index (χ4v) is 2.75. The molecule has 1 saturated carbocycles. The lowest BCUT2D eigenvalue weighted by atomic mass is 9.76. The monoisotopic (exact) mass is 272 g/mol. The second-order valence-electron chi connectivity index (χ2n) is 5.43. The highest BCUT2D eigenvalue weighted by molar-refractivity contribution is 6.07. The van der Waals surface area contributed by atoms with E-state index < -0.39 is 0 Å². The predicted octanol–water partition coefficient (Wildman–Crippen LogP) is 2.59. The van der Waals surface area contributed by atoms with Gasteiger partial charge in [0.05, 0.1) is 5.54 Å². The van der Waals surface area contributed by atoms with Gasteiger partial charge in [0.15, 0.2) is 0 Å². The van der Waals surface area contributed by atoms with Crippen molar-refractivity contribution in [3.8, 4) is 0 Å². The Morgan fingerprint density at radius 2 is 1.90 bits per heavy atom. The Labute approximate surface area is 117 Å². The minimum atomic E-state index is -0.311. The van der Waals surface area contributed by atoms with Gasteiger partial charge in [-0.05, 0) is 36.8 Å². The number of rotatable bonds is 3. The van der Waals surface area contributed by atoms with Gasteiger partial charge in [0.1, 0.15) is 5.82 Å². The molecule has 4 heteroatoms. The molecule has 3 N–H and O–H groups in total. The molecule has 0 heterocycles. The van der Waals surface area contributed by atoms with Crippen molar-refractivity contribution in [2.24, 2.45) is 5.73 Å². The molecule has 0 radical (unpaired) electrons. The van der Waals surface area contributed by atoms with Crippen LogP contribution in [0, 0.1) is 5.82 Å². The van der Waals surface area contributed by atoms with E-state index in [4.69, 9.17) is 5.73 Å². The van der Waals surface area contributed by atoms with Gasteiger partial charge in [-0.2, -0.15) is 0 Å². The molecular formula is C16H17FN2O. The molecule has 0 unspecified atom stereocenters. The first-order valence-corrected chi connectivity index (χ1v) is 6.85. The second-order valence-corrected chi connectivity index (χ2v) is 5.43. The van der Waals surface area contributed by atoms with Crippen molar-refractivity contribution in [3.05, 3.63) is 47.8 Å². The van der Waals surface area contributed by atoms with Crippen molar-refractivity contribution in [1.82, 2.24) is 5.32 Å². The Morgan fingerprint density at radius 3 is 2.50 bits per heavy atom. The lowest BCUT2D eigenvalue weighted by molar-refractivity contribution is 0.0839. The van der Waals surface area contributed by atoms with E-state index in [1.54, 1.807) is 24.3 Å². The van der Waals surface area contributed by atoms with Gasteiger partial charge < -0.3 is 11.1 Å². The highest BCUT2D eigenvalue weighted by Gasteiger charge is 2.37. The summed E-state index contributed by atoms with van der Waals surface area (Å²) in [4.78, 5) is 12.4. The van der Waals surface area contributed by atoms with Gasteiger partial charge in [-0.15, -0.1) is 0 Å². The zero-order valence-corrected chi connectivity index (χ0v) is 11.2. The Balaban J connectivity index is 1.98. The minimum Gasteiger partial charge on any atom is -0.345 e. The van der Waals surface area contributed by atoms with Crippen LogP contribution in [0.15, 0.2) is 36.4 Å². The van der Waals surface area contributed by atoms with Gasteiger partial charge in [-0.1, -0.05) is 24.3 Å². The second kappa shape index (κ2) is 4.87. The molecule has 1 aliphatic carbocycles. The Kier molecular flexibility index (Phi) is 3.18. The summed E-state index contributed by atoms with van der Waals surface area (Å²) in [5.74, 6) is -0.485. The fourth-order valence-electron chi connectivity index (χ4n) is 2.75. The number of hydrogen-bond acceptors (Lipinski definition) is 2. The van der Waals surface area contributed by atoms with Crippen molar-refractivity contribution >= 4 is 16.7 Å². The molecule has 1 aliphatic rings. The summed E-state index contributed by atoms with van der Waals surface area (Å²) in [5.41, 5.74) is 5.99.